The lowest BCUT2D eigenvalue weighted by Gasteiger charge is -2.11. The first-order valence-corrected chi connectivity index (χ1v) is 5.62. The van der Waals surface area contributed by atoms with Gasteiger partial charge in [0.1, 0.15) is 0 Å². The van der Waals surface area contributed by atoms with Crippen molar-refractivity contribution >= 4 is 11.9 Å². The van der Waals surface area contributed by atoms with Crippen molar-refractivity contribution < 1.29 is 0 Å². The average Bonchev–Trinajstić information content (AvgIpc) is 2.46. The molecular formula is C15H13N3. The smallest absolute Gasteiger partial charge is 0.0991 e. The molecule has 0 bridgehead atoms. The summed E-state index contributed by atoms with van der Waals surface area (Å²) in [5, 5.41) is 14.9. The highest BCUT2D eigenvalue weighted by atomic mass is 15.4. The molecule has 0 amide bonds. The monoisotopic (exact) mass is 235 g/mol. The summed E-state index contributed by atoms with van der Waals surface area (Å²) in [6, 6.07) is 19.3. The Morgan fingerprint density at radius 3 is 2.33 bits per heavy atom. The third-order valence-electron chi connectivity index (χ3n) is 2.55. The minimum absolute atomic E-state index is 0.656. The van der Waals surface area contributed by atoms with Gasteiger partial charge in [-0.15, -0.1) is 0 Å². The van der Waals surface area contributed by atoms with Gasteiger partial charge in [-0.2, -0.15) is 10.4 Å². The Bertz CT molecular complexity index is 565. The van der Waals surface area contributed by atoms with E-state index in [9.17, 15) is 0 Å². The van der Waals surface area contributed by atoms with Crippen molar-refractivity contribution in [3.8, 4) is 6.07 Å². The minimum Gasteiger partial charge on any atom is -0.269 e. The van der Waals surface area contributed by atoms with Crippen LogP contribution in [0, 0.1) is 11.3 Å². The predicted octanol–water partition coefficient (Wildman–Crippen LogP) is 3.03. The normalized spacial score (nSPS) is 10.2. The number of rotatable bonds is 3. The molecular weight excluding hydrogens is 222 g/mol. The summed E-state index contributed by atoms with van der Waals surface area (Å²) >= 11 is 0. The van der Waals surface area contributed by atoms with E-state index in [1.165, 1.54) is 0 Å². The molecule has 0 aromatic heterocycles. The maximum atomic E-state index is 8.70. The quantitative estimate of drug-likeness (QED) is 0.606. The van der Waals surface area contributed by atoms with Crippen LogP contribution < -0.4 is 5.01 Å². The van der Waals surface area contributed by atoms with E-state index in [-0.39, 0.29) is 0 Å². The highest BCUT2D eigenvalue weighted by Gasteiger charge is 1.95. The van der Waals surface area contributed by atoms with Gasteiger partial charge in [0.2, 0.25) is 0 Å². The minimum atomic E-state index is 0.656. The van der Waals surface area contributed by atoms with Crippen LogP contribution in [0.1, 0.15) is 11.1 Å². The largest absolute Gasteiger partial charge is 0.269 e. The molecule has 2 rings (SSSR count). The molecule has 0 heterocycles. The summed E-state index contributed by atoms with van der Waals surface area (Å²) in [5.74, 6) is 0. The zero-order chi connectivity index (χ0) is 12.8. The maximum Gasteiger partial charge on any atom is 0.0991 e. The molecule has 3 heteroatoms. The third-order valence-corrected chi connectivity index (χ3v) is 2.55. The Morgan fingerprint density at radius 1 is 1.06 bits per heavy atom. The molecule has 0 aliphatic carbocycles. The lowest BCUT2D eigenvalue weighted by Crippen LogP contribution is -2.08. The summed E-state index contributed by atoms with van der Waals surface area (Å²) in [4.78, 5) is 0. The Balaban J connectivity index is 2.09. The van der Waals surface area contributed by atoms with Crippen LogP contribution in [0.2, 0.25) is 0 Å². The zero-order valence-electron chi connectivity index (χ0n) is 10.1. The van der Waals surface area contributed by atoms with Crippen LogP contribution in [0.25, 0.3) is 0 Å². The van der Waals surface area contributed by atoms with Crippen molar-refractivity contribution in [2.24, 2.45) is 5.10 Å². The van der Waals surface area contributed by atoms with Crippen LogP contribution in [-0.2, 0) is 0 Å². The molecule has 0 atom stereocenters. The first-order valence-electron chi connectivity index (χ1n) is 5.62. The highest BCUT2D eigenvalue weighted by Crippen LogP contribution is 2.11. The zero-order valence-corrected chi connectivity index (χ0v) is 10.1. The predicted molar refractivity (Wildman–Crippen MR) is 73.6 cm³/mol. The fourth-order valence-corrected chi connectivity index (χ4v) is 1.51. The fourth-order valence-electron chi connectivity index (χ4n) is 1.51. The first kappa shape index (κ1) is 11.9. The Kier molecular flexibility index (Phi) is 3.72. The van der Waals surface area contributed by atoms with Crippen LogP contribution in [-0.4, -0.2) is 13.3 Å². The van der Waals surface area contributed by atoms with E-state index in [0.717, 1.165) is 11.3 Å². The van der Waals surface area contributed by atoms with Crippen LogP contribution in [0.5, 0.6) is 0 Å². The number of nitrogens with zero attached hydrogens (tertiary/aromatic N) is 3. The van der Waals surface area contributed by atoms with Gasteiger partial charge < -0.3 is 0 Å². The molecule has 88 valence electrons. The van der Waals surface area contributed by atoms with Crippen LogP contribution in [0.15, 0.2) is 59.7 Å². The van der Waals surface area contributed by atoms with Crippen molar-refractivity contribution in [3.63, 3.8) is 0 Å². The molecule has 0 N–H and O–H groups in total. The summed E-state index contributed by atoms with van der Waals surface area (Å²) in [6.07, 6.45) is 1.77. The van der Waals surface area contributed by atoms with E-state index in [0.29, 0.717) is 5.56 Å². The maximum absolute atomic E-state index is 8.70. The average molecular weight is 235 g/mol. The lowest BCUT2D eigenvalue weighted by atomic mass is 10.2. The number of para-hydroxylation sites is 1. The molecule has 0 spiro atoms. The van der Waals surface area contributed by atoms with Gasteiger partial charge in [-0.3, -0.25) is 5.01 Å². The third kappa shape index (κ3) is 2.96. The number of anilines is 1. The number of hydrazone groups is 1. The topological polar surface area (TPSA) is 39.4 Å². The van der Waals surface area contributed by atoms with E-state index in [1.807, 2.05) is 49.5 Å². The molecule has 0 fully saturated rings. The molecule has 0 saturated heterocycles. The van der Waals surface area contributed by atoms with Crippen molar-refractivity contribution in [2.75, 3.05) is 12.1 Å². The Morgan fingerprint density at radius 2 is 1.72 bits per heavy atom. The van der Waals surface area contributed by atoms with Gasteiger partial charge in [-0.25, -0.2) is 0 Å². The van der Waals surface area contributed by atoms with Gasteiger partial charge in [0.05, 0.1) is 23.5 Å². The molecule has 18 heavy (non-hydrogen) atoms. The number of hydrogen-bond acceptors (Lipinski definition) is 3. The molecule has 2 aromatic carbocycles. The van der Waals surface area contributed by atoms with Crippen LogP contribution >= 0.6 is 0 Å². The van der Waals surface area contributed by atoms with E-state index in [2.05, 4.69) is 11.2 Å². The van der Waals surface area contributed by atoms with E-state index in [1.54, 1.807) is 23.4 Å². The summed E-state index contributed by atoms with van der Waals surface area (Å²) in [7, 11) is 1.90. The first-order chi connectivity index (χ1) is 8.79. The van der Waals surface area contributed by atoms with Crippen molar-refractivity contribution in [2.45, 2.75) is 0 Å². The molecule has 0 radical (unpaired) electrons. The van der Waals surface area contributed by atoms with Crippen LogP contribution in [0.3, 0.4) is 0 Å². The molecule has 3 nitrogen and oxygen atoms in total. The lowest BCUT2D eigenvalue weighted by molar-refractivity contribution is 1.02. The summed E-state index contributed by atoms with van der Waals surface area (Å²) in [6.45, 7) is 0. The van der Waals surface area contributed by atoms with Gasteiger partial charge >= 0.3 is 0 Å². The van der Waals surface area contributed by atoms with E-state index in [4.69, 9.17) is 5.26 Å². The highest BCUT2D eigenvalue weighted by molar-refractivity contribution is 5.80. The summed E-state index contributed by atoms with van der Waals surface area (Å²) in [5.41, 5.74) is 2.66. The number of nitriles is 1. The molecule has 0 saturated carbocycles. The van der Waals surface area contributed by atoms with Gasteiger partial charge in [-0.1, -0.05) is 30.3 Å². The number of hydrogen-bond donors (Lipinski definition) is 0. The van der Waals surface area contributed by atoms with Crippen molar-refractivity contribution in [1.29, 1.82) is 5.26 Å². The molecule has 0 unspecified atom stereocenters. The van der Waals surface area contributed by atoms with Crippen molar-refractivity contribution in [1.82, 2.24) is 0 Å². The van der Waals surface area contributed by atoms with Gasteiger partial charge in [-0.05, 0) is 29.8 Å². The standard InChI is InChI=1S/C15H13N3/c1-18(15-5-3-2-4-6-15)17-12-14-9-7-13(11-16)8-10-14/h2-10,12H,1H3. The van der Waals surface area contributed by atoms with E-state index < -0.39 is 0 Å². The Labute approximate surface area is 107 Å². The second kappa shape index (κ2) is 5.65. The van der Waals surface area contributed by atoms with Gasteiger partial charge in [0.25, 0.3) is 0 Å². The SMILES string of the molecule is CN(N=Cc1ccc(C#N)cc1)c1ccccc1. The van der Waals surface area contributed by atoms with Gasteiger partial charge in [0.15, 0.2) is 0 Å². The van der Waals surface area contributed by atoms with Gasteiger partial charge in [0, 0.05) is 7.05 Å². The van der Waals surface area contributed by atoms with Crippen molar-refractivity contribution in [3.05, 3.63) is 65.7 Å². The molecule has 0 aliphatic rings. The second-order valence-electron chi connectivity index (χ2n) is 3.84. The van der Waals surface area contributed by atoms with E-state index >= 15 is 0 Å². The number of benzene rings is 2. The second-order valence-corrected chi connectivity index (χ2v) is 3.84. The molecule has 0 aliphatic heterocycles. The Hall–Kier alpha value is -2.60. The molecule has 2 aromatic rings. The fraction of sp³-hybridized carbons (Fsp3) is 0.0667. The van der Waals surface area contributed by atoms with Crippen LogP contribution in [0.4, 0.5) is 5.69 Å². The summed E-state index contributed by atoms with van der Waals surface area (Å²) < 4.78 is 0.